The van der Waals surface area contributed by atoms with Gasteiger partial charge in [0, 0.05) is 38.4 Å². The van der Waals surface area contributed by atoms with E-state index in [1.165, 1.54) is 0 Å². The number of furan rings is 1. The highest BCUT2D eigenvalue weighted by Gasteiger charge is 2.09. The fourth-order valence-electron chi connectivity index (χ4n) is 1.78. The van der Waals surface area contributed by atoms with Gasteiger partial charge in [0.15, 0.2) is 0 Å². The molecule has 0 bridgehead atoms. The predicted molar refractivity (Wildman–Crippen MR) is 74.9 cm³/mol. The minimum atomic E-state index is 0.515. The highest BCUT2D eigenvalue weighted by Crippen LogP contribution is 2.10. The molecule has 1 aromatic heterocycles. The van der Waals surface area contributed by atoms with Gasteiger partial charge < -0.3 is 19.6 Å². The van der Waals surface area contributed by atoms with E-state index in [0.717, 1.165) is 57.4 Å². The number of ether oxygens (including phenoxy) is 2. The summed E-state index contributed by atoms with van der Waals surface area (Å²) in [4.78, 5) is 2.27. The van der Waals surface area contributed by atoms with E-state index in [1.54, 1.807) is 6.26 Å². The fraction of sp³-hybridized carbons (Fsp3) is 0.714. The Bertz CT molecular complexity index is 318. The standard InChI is InChI=1S/C14H26N2O3/c1-3-17-7-5-16(6-8-18-4-2)11-14-9-13(10-15)12-19-14/h9,12H,3-8,10-11,15H2,1-2H3. The highest BCUT2D eigenvalue weighted by molar-refractivity contribution is 5.12. The number of rotatable bonds is 11. The molecule has 0 unspecified atom stereocenters. The molecular formula is C14H26N2O3. The molecule has 110 valence electrons. The van der Waals surface area contributed by atoms with Crippen molar-refractivity contribution in [1.82, 2.24) is 4.90 Å². The summed E-state index contributed by atoms with van der Waals surface area (Å²) in [5, 5.41) is 0. The molecule has 5 nitrogen and oxygen atoms in total. The van der Waals surface area contributed by atoms with E-state index >= 15 is 0 Å². The molecule has 0 radical (unpaired) electrons. The van der Waals surface area contributed by atoms with Crippen molar-refractivity contribution in [2.75, 3.05) is 39.5 Å². The minimum absolute atomic E-state index is 0.515. The summed E-state index contributed by atoms with van der Waals surface area (Å²) in [5.41, 5.74) is 6.61. The summed E-state index contributed by atoms with van der Waals surface area (Å²) in [6.45, 7) is 9.99. The van der Waals surface area contributed by atoms with Gasteiger partial charge >= 0.3 is 0 Å². The summed E-state index contributed by atoms with van der Waals surface area (Å²) < 4.78 is 16.3. The first-order valence-electron chi connectivity index (χ1n) is 6.94. The van der Waals surface area contributed by atoms with E-state index in [1.807, 2.05) is 19.9 Å². The predicted octanol–water partition coefficient (Wildman–Crippen LogP) is 1.61. The lowest BCUT2D eigenvalue weighted by Crippen LogP contribution is -2.30. The molecule has 0 atom stereocenters. The average Bonchev–Trinajstić information content (AvgIpc) is 2.87. The Morgan fingerprint density at radius 1 is 1.16 bits per heavy atom. The van der Waals surface area contributed by atoms with E-state index in [-0.39, 0.29) is 0 Å². The maximum atomic E-state index is 5.58. The molecule has 0 aliphatic heterocycles. The van der Waals surface area contributed by atoms with E-state index in [4.69, 9.17) is 19.6 Å². The Morgan fingerprint density at radius 2 is 1.79 bits per heavy atom. The van der Waals surface area contributed by atoms with Gasteiger partial charge in [0.05, 0.1) is 26.0 Å². The molecule has 0 spiro atoms. The van der Waals surface area contributed by atoms with Crippen molar-refractivity contribution in [3.63, 3.8) is 0 Å². The zero-order valence-corrected chi connectivity index (χ0v) is 12.1. The quantitative estimate of drug-likeness (QED) is 0.619. The summed E-state index contributed by atoms with van der Waals surface area (Å²) >= 11 is 0. The Hall–Kier alpha value is -0.880. The monoisotopic (exact) mass is 270 g/mol. The van der Waals surface area contributed by atoms with Gasteiger partial charge in [0.25, 0.3) is 0 Å². The fourth-order valence-corrected chi connectivity index (χ4v) is 1.78. The smallest absolute Gasteiger partial charge is 0.118 e. The van der Waals surface area contributed by atoms with E-state index in [2.05, 4.69) is 4.90 Å². The summed E-state index contributed by atoms with van der Waals surface area (Å²) in [6.07, 6.45) is 1.72. The van der Waals surface area contributed by atoms with Crippen LogP contribution in [0.15, 0.2) is 16.7 Å². The molecule has 0 saturated carbocycles. The normalized spacial score (nSPS) is 11.4. The minimum Gasteiger partial charge on any atom is -0.468 e. The molecule has 0 aliphatic rings. The largest absolute Gasteiger partial charge is 0.468 e. The molecule has 0 aliphatic carbocycles. The molecule has 0 saturated heterocycles. The van der Waals surface area contributed by atoms with Crippen LogP contribution in [-0.4, -0.2) is 44.4 Å². The van der Waals surface area contributed by atoms with Crippen molar-refractivity contribution in [3.8, 4) is 0 Å². The third kappa shape index (κ3) is 6.73. The van der Waals surface area contributed by atoms with Crippen molar-refractivity contribution < 1.29 is 13.9 Å². The third-order valence-electron chi connectivity index (χ3n) is 2.84. The molecule has 0 fully saturated rings. The van der Waals surface area contributed by atoms with Crippen LogP contribution < -0.4 is 5.73 Å². The summed E-state index contributed by atoms with van der Waals surface area (Å²) in [6, 6.07) is 2.01. The van der Waals surface area contributed by atoms with Crippen LogP contribution in [-0.2, 0) is 22.6 Å². The van der Waals surface area contributed by atoms with E-state index in [0.29, 0.717) is 6.54 Å². The van der Waals surface area contributed by atoms with Crippen LogP contribution in [0.2, 0.25) is 0 Å². The zero-order chi connectivity index (χ0) is 13.9. The molecule has 1 aromatic rings. The Kier molecular flexibility index (Phi) is 8.49. The van der Waals surface area contributed by atoms with Crippen molar-refractivity contribution in [3.05, 3.63) is 23.7 Å². The second kappa shape index (κ2) is 9.97. The second-order valence-corrected chi connectivity index (χ2v) is 4.30. The van der Waals surface area contributed by atoms with Crippen molar-refractivity contribution in [2.45, 2.75) is 26.9 Å². The third-order valence-corrected chi connectivity index (χ3v) is 2.84. The molecular weight excluding hydrogens is 244 g/mol. The van der Waals surface area contributed by atoms with Gasteiger partial charge in [-0.3, -0.25) is 4.90 Å². The average molecular weight is 270 g/mol. The molecule has 0 aromatic carbocycles. The van der Waals surface area contributed by atoms with Gasteiger partial charge in [-0.05, 0) is 19.9 Å². The van der Waals surface area contributed by atoms with Crippen LogP contribution in [0.4, 0.5) is 0 Å². The van der Waals surface area contributed by atoms with Gasteiger partial charge in [0.2, 0.25) is 0 Å². The molecule has 2 N–H and O–H groups in total. The maximum absolute atomic E-state index is 5.58. The van der Waals surface area contributed by atoms with Gasteiger partial charge in [-0.1, -0.05) is 0 Å². The van der Waals surface area contributed by atoms with Crippen LogP contribution in [0.25, 0.3) is 0 Å². The van der Waals surface area contributed by atoms with Gasteiger partial charge in [-0.15, -0.1) is 0 Å². The lowest BCUT2D eigenvalue weighted by molar-refractivity contribution is 0.0769. The SMILES string of the molecule is CCOCCN(CCOCC)Cc1cc(CN)co1. The molecule has 19 heavy (non-hydrogen) atoms. The van der Waals surface area contributed by atoms with Gasteiger partial charge in [-0.25, -0.2) is 0 Å². The van der Waals surface area contributed by atoms with Crippen molar-refractivity contribution >= 4 is 0 Å². The van der Waals surface area contributed by atoms with E-state index in [9.17, 15) is 0 Å². The number of hydrogen-bond acceptors (Lipinski definition) is 5. The number of nitrogens with two attached hydrogens (primary N) is 1. The van der Waals surface area contributed by atoms with Crippen LogP contribution in [0.1, 0.15) is 25.2 Å². The molecule has 0 amide bonds. The number of hydrogen-bond donors (Lipinski definition) is 1. The van der Waals surface area contributed by atoms with Crippen molar-refractivity contribution in [2.24, 2.45) is 5.73 Å². The summed E-state index contributed by atoms with van der Waals surface area (Å²) in [7, 11) is 0. The Morgan fingerprint density at radius 3 is 2.26 bits per heavy atom. The van der Waals surface area contributed by atoms with Crippen molar-refractivity contribution in [1.29, 1.82) is 0 Å². The zero-order valence-electron chi connectivity index (χ0n) is 12.1. The molecule has 1 rings (SSSR count). The molecule has 1 heterocycles. The first-order chi connectivity index (χ1) is 9.30. The highest BCUT2D eigenvalue weighted by atomic mass is 16.5. The summed E-state index contributed by atoms with van der Waals surface area (Å²) in [5.74, 6) is 0.938. The first kappa shape index (κ1) is 16.2. The van der Waals surface area contributed by atoms with Crippen LogP contribution in [0.5, 0.6) is 0 Å². The van der Waals surface area contributed by atoms with Crippen LogP contribution in [0, 0.1) is 0 Å². The first-order valence-corrected chi connectivity index (χ1v) is 6.94. The second-order valence-electron chi connectivity index (χ2n) is 4.30. The Balaban J connectivity index is 2.41. The van der Waals surface area contributed by atoms with Gasteiger partial charge in [0.1, 0.15) is 5.76 Å². The van der Waals surface area contributed by atoms with E-state index < -0.39 is 0 Å². The molecule has 5 heteroatoms. The lowest BCUT2D eigenvalue weighted by Gasteiger charge is -2.20. The lowest BCUT2D eigenvalue weighted by atomic mass is 10.3. The topological polar surface area (TPSA) is 60.9 Å². The Labute approximate surface area is 115 Å². The van der Waals surface area contributed by atoms with Crippen LogP contribution >= 0.6 is 0 Å². The van der Waals surface area contributed by atoms with Gasteiger partial charge in [-0.2, -0.15) is 0 Å². The van der Waals surface area contributed by atoms with Crippen LogP contribution in [0.3, 0.4) is 0 Å². The number of nitrogens with zero attached hydrogens (tertiary/aromatic N) is 1. The maximum Gasteiger partial charge on any atom is 0.118 e.